The molecule has 0 bridgehead atoms. The van der Waals surface area contributed by atoms with E-state index in [2.05, 4.69) is 4.98 Å². The van der Waals surface area contributed by atoms with Gasteiger partial charge in [0.05, 0.1) is 30.5 Å². The molecule has 0 saturated carbocycles. The molecule has 41 heavy (non-hydrogen) atoms. The van der Waals surface area contributed by atoms with Gasteiger partial charge in [-0.3, -0.25) is 5.01 Å². The lowest BCUT2D eigenvalue weighted by molar-refractivity contribution is 0.414. The molecule has 5 aromatic rings. The third-order valence-electron chi connectivity index (χ3n) is 7.33. The first-order valence-corrected chi connectivity index (χ1v) is 14.7. The van der Waals surface area contributed by atoms with Gasteiger partial charge in [-0.05, 0) is 53.1 Å². The Morgan fingerprint density at radius 1 is 0.707 bits per heavy atom. The summed E-state index contributed by atoms with van der Waals surface area (Å²) in [7, 11) is -0.798. The molecule has 0 amide bonds. The molecule has 1 aliphatic heterocycles. The zero-order valence-corrected chi connectivity index (χ0v) is 23.5. The molecule has 7 nitrogen and oxygen atoms in total. The number of nitrogens with zero attached hydrogens (tertiary/aromatic N) is 2. The molecule has 0 fully saturated rings. The van der Waals surface area contributed by atoms with Gasteiger partial charge < -0.3 is 14.5 Å². The Balaban J connectivity index is 1.55. The number of H-pyrrole nitrogens is 1. The first-order chi connectivity index (χ1) is 20.0. The zero-order chi connectivity index (χ0) is 28.4. The van der Waals surface area contributed by atoms with Crippen molar-refractivity contribution in [2.45, 2.75) is 16.2 Å². The van der Waals surface area contributed by atoms with E-state index in [-0.39, 0.29) is 4.90 Å². The van der Waals surface area contributed by atoms with Gasteiger partial charge in [-0.1, -0.05) is 72.8 Å². The Labute approximate surface area is 239 Å². The standard InChI is InChI=1S/C33H29N3O4S/c1-39-27-17-13-23(14-18-27)29-21-34-22-30(29)41(37,38)33-31(24-9-5-3-6-10-24)35-36(26-11-7-4-8-12-26)32(33)25-15-19-28(40-2)20-16-25/h3-22,32-34H,1-2H3. The van der Waals surface area contributed by atoms with E-state index in [0.29, 0.717) is 22.8 Å². The lowest BCUT2D eigenvalue weighted by Gasteiger charge is -2.28. The molecule has 206 valence electrons. The van der Waals surface area contributed by atoms with Gasteiger partial charge in [0.2, 0.25) is 0 Å². The van der Waals surface area contributed by atoms with E-state index in [0.717, 1.165) is 22.4 Å². The van der Waals surface area contributed by atoms with Crippen LogP contribution in [0.25, 0.3) is 11.1 Å². The fourth-order valence-corrected chi connectivity index (χ4v) is 7.37. The second-order valence-corrected chi connectivity index (χ2v) is 11.7. The van der Waals surface area contributed by atoms with Crippen molar-refractivity contribution in [3.63, 3.8) is 0 Å². The highest BCUT2D eigenvalue weighted by atomic mass is 32.2. The summed E-state index contributed by atoms with van der Waals surface area (Å²) >= 11 is 0. The minimum atomic E-state index is -4.01. The van der Waals surface area contributed by atoms with Crippen LogP contribution in [0.5, 0.6) is 11.5 Å². The van der Waals surface area contributed by atoms with Crippen molar-refractivity contribution in [1.82, 2.24) is 4.98 Å². The van der Waals surface area contributed by atoms with E-state index in [4.69, 9.17) is 14.6 Å². The van der Waals surface area contributed by atoms with Gasteiger partial charge >= 0.3 is 0 Å². The highest BCUT2D eigenvalue weighted by molar-refractivity contribution is 7.93. The molecule has 8 heteroatoms. The molecule has 1 aromatic heterocycles. The van der Waals surface area contributed by atoms with Crippen LogP contribution in [0.3, 0.4) is 0 Å². The summed E-state index contributed by atoms with van der Waals surface area (Å²) in [5.74, 6) is 1.38. The van der Waals surface area contributed by atoms with Gasteiger partial charge in [-0.15, -0.1) is 0 Å². The van der Waals surface area contributed by atoms with E-state index in [9.17, 15) is 8.42 Å². The highest BCUT2D eigenvalue weighted by Crippen LogP contribution is 2.44. The van der Waals surface area contributed by atoms with E-state index in [1.165, 1.54) is 0 Å². The van der Waals surface area contributed by atoms with Crippen molar-refractivity contribution in [3.8, 4) is 22.6 Å². The molecule has 0 spiro atoms. The van der Waals surface area contributed by atoms with Crippen LogP contribution < -0.4 is 14.5 Å². The quantitative estimate of drug-likeness (QED) is 0.233. The zero-order valence-electron chi connectivity index (χ0n) is 22.6. The van der Waals surface area contributed by atoms with Crippen molar-refractivity contribution in [3.05, 3.63) is 133 Å². The normalized spacial score (nSPS) is 16.8. The highest BCUT2D eigenvalue weighted by Gasteiger charge is 2.49. The molecule has 1 N–H and O–H groups in total. The van der Waals surface area contributed by atoms with Crippen molar-refractivity contribution >= 4 is 21.2 Å². The van der Waals surface area contributed by atoms with Gasteiger partial charge in [-0.25, -0.2) is 8.42 Å². The number of sulfone groups is 1. The van der Waals surface area contributed by atoms with E-state index in [1.54, 1.807) is 26.6 Å². The molecular weight excluding hydrogens is 534 g/mol. The van der Waals surface area contributed by atoms with Gasteiger partial charge in [0, 0.05) is 18.0 Å². The van der Waals surface area contributed by atoms with Gasteiger partial charge in [0.1, 0.15) is 22.8 Å². The molecule has 0 saturated heterocycles. The third-order valence-corrected chi connectivity index (χ3v) is 9.43. The maximum Gasteiger partial charge on any atom is 0.191 e. The Hall–Kier alpha value is -4.82. The molecule has 1 aliphatic rings. The maximum absolute atomic E-state index is 14.9. The molecule has 2 unspecified atom stereocenters. The first-order valence-electron chi connectivity index (χ1n) is 13.2. The SMILES string of the molecule is COc1ccc(-c2c[nH]cc2S(=O)(=O)C2C(c3ccccc3)=NN(c3ccccc3)C2c2ccc(OC)cc2)cc1. The topological polar surface area (TPSA) is 84.0 Å². The lowest BCUT2D eigenvalue weighted by Crippen LogP contribution is -2.37. The molecule has 4 aromatic carbocycles. The Bertz CT molecular complexity index is 1770. The number of anilines is 1. The molecule has 2 atom stereocenters. The van der Waals surface area contributed by atoms with Gasteiger partial charge in [-0.2, -0.15) is 5.10 Å². The van der Waals surface area contributed by atoms with Crippen LogP contribution in [0.4, 0.5) is 5.69 Å². The Kier molecular flexibility index (Phi) is 7.07. The van der Waals surface area contributed by atoms with Crippen LogP contribution in [0.2, 0.25) is 0 Å². The fraction of sp³-hybridized carbons (Fsp3) is 0.121. The van der Waals surface area contributed by atoms with Crippen LogP contribution in [-0.2, 0) is 9.84 Å². The summed E-state index contributed by atoms with van der Waals surface area (Å²) in [5.41, 5.74) is 4.19. The van der Waals surface area contributed by atoms with Gasteiger partial charge in [0.25, 0.3) is 0 Å². The maximum atomic E-state index is 14.9. The third kappa shape index (κ3) is 4.87. The molecule has 0 aliphatic carbocycles. The number of nitrogens with one attached hydrogen (secondary N) is 1. The van der Waals surface area contributed by atoms with Crippen LogP contribution in [0.1, 0.15) is 17.2 Å². The van der Waals surface area contributed by atoms with Crippen LogP contribution in [-0.4, -0.2) is 38.6 Å². The number of methoxy groups -OCH3 is 2. The first kappa shape index (κ1) is 26.4. The van der Waals surface area contributed by atoms with E-state index < -0.39 is 21.1 Å². The number of hydrogen-bond acceptors (Lipinski definition) is 6. The molecule has 2 heterocycles. The summed E-state index contributed by atoms with van der Waals surface area (Å²) in [6, 6.07) is 33.4. The second-order valence-electron chi connectivity index (χ2n) is 9.68. The number of para-hydroxylation sites is 1. The number of hydrazone groups is 1. The predicted molar refractivity (Wildman–Crippen MR) is 161 cm³/mol. The minimum absolute atomic E-state index is 0.213. The molecular formula is C33H29N3O4S. The number of aromatic amines is 1. The number of ether oxygens (including phenoxy) is 2. The van der Waals surface area contributed by atoms with Crippen molar-refractivity contribution in [2.75, 3.05) is 19.2 Å². The van der Waals surface area contributed by atoms with Crippen molar-refractivity contribution in [1.29, 1.82) is 0 Å². The predicted octanol–water partition coefficient (Wildman–Crippen LogP) is 6.51. The number of aromatic nitrogens is 1. The summed E-state index contributed by atoms with van der Waals surface area (Å²) in [6.07, 6.45) is 3.29. The Morgan fingerprint density at radius 3 is 1.90 bits per heavy atom. The summed E-state index contributed by atoms with van der Waals surface area (Å²) in [6.45, 7) is 0. The second kappa shape index (κ2) is 11.0. The van der Waals surface area contributed by atoms with Crippen LogP contribution in [0, 0.1) is 0 Å². The largest absolute Gasteiger partial charge is 0.497 e. The summed E-state index contributed by atoms with van der Waals surface area (Å²) in [4.78, 5) is 3.25. The van der Waals surface area contributed by atoms with Gasteiger partial charge in [0.15, 0.2) is 9.84 Å². The number of hydrogen-bond donors (Lipinski definition) is 1. The summed E-state index contributed by atoms with van der Waals surface area (Å²) in [5, 5.41) is 5.84. The fourth-order valence-electron chi connectivity index (χ4n) is 5.29. The van der Waals surface area contributed by atoms with Crippen LogP contribution in [0.15, 0.2) is 132 Å². The monoisotopic (exact) mass is 563 g/mol. The average Bonchev–Trinajstić information content (AvgIpc) is 3.69. The van der Waals surface area contributed by atoms with E-state index in [1.807, 2.05) is 114 Å². The smallest absolute Gasteiger partial charge is 0.191 e. The Morgan fingerprint density at radius 2 is 1.29 bits per heavy atom. The number of benzene rings is 4. The summed E-state index contributed by atoms with van der Waals surface area (Å²) < 4.78 is 40.5. The average molecular weight is 564 g/mol. The molecule has 0 radical (unpaired) electrons. The van der Waals surface area contributed by atoms with Crippen molar-refractivity contribution in [2.24, 2.45) is 5.10 Å². The van der Waals surface area contributed by atoms with Crippen LogP contribution >= 0.6 is 0 Å². The molecule has 6 rings (SSSR count). The van der Waals surface area contributed by atoms with E-state index >= 15 is 0 Å². The minimum Gasteiger partial charge on any atom is -0.497 e. The lowest BCUT2D eigenvalue weighted by atomic mass is 9.97. The van der Waals surface area contributed by atoms with Crippen molar-refractivity contribution < 1.29 is 17.9 Å². The number of rotatable bonds is 8.